The summed E-state index contributed by atoms with van der Waals surface area (Å²) in [5.74, 6) is 0. The summed E-state index contributed by atoms with van der Waals surface area (Å²) in [6.07, 6.45) is -1.35. The minimum Gasteiger partial charge on any atom is -0.323 e. The molecule has 1 aromatic carbocycles. The van der Waals surface area contributed by atoms with Gasteiger partial charge in [0.25, 0.3) is 0 Å². The molecule has 1 atom stereocenters. The second-order valence-electron chi connectivity index (χ2n) is 4.47. The second-order valence-corrected chi connectivity index (χ2v) is 4.47. The Morgan fingerprint density at radius 2 is 2.00 bits per heavy atom. The monoisotopic (exact) mass is 269 g/mol. The average Bonchev–Trinajstić information content (AvgIpc) is 2.77. The third-order valence-electron chi connectivity index (χ3n) is 2.94. The van der Waals surface area contributed by atoms with Gasteiger partial charge in [-0.05, 0) is 31.5 Å². The Hall–Kier alpha value is -1.82. The summed E-state index contributed by atoms with van der Waals surface area (Å²) in [6, 6.07) is 3.88. The smallest absolute Gasteiger partial charge is 0.323 e. The van der Waals surface area contributed by atoms with E-state index in [0.29, 0.717) is 11.4 Å². The van der Waals surface area contributed by atoms with E-state index >= 15 is 0 Å². The number of benzene rings is 1. The molecule has 2 N–H and O–H groups in total. The molecule has 2 aromatic rings. The Balaban J connectivity index is 2.55. The van der Waals surface area contributed by atoms with Crippen molar-refractivity contribution in [3.63, 3.8) is 0 Å². The maximum Gasteiger partial charge on any atom is 0.416 e. The molecular weight excluding hydrogens is 255 g/mol. The van der Waals surface area contributed by atoms with E-state index in [1.807, 2.05) is 0 Å². The molecular formula is C13H14F3N3. The lowest BCUT2D eigenvalue weighted by atomic mass is 10.1. The fraction of sp³-hybridized carbons (Fsp3) is 0.308. The molecule has 0 spiro atoms. The number of aryl methyl sites for hydroxylation is 1. The van der Waals surface area contributed by atoms with Crippen LogP contribution < -0.4 is 5.73 Å². The molecule has 0 aliphatic rings. The van der Waals surface area contributed by atoms with Gasteiger partial charge in [-0.15, -0.1) is 0 Å². The van der Waals surface area contributed by atoms with Crippen molar-refractivity contribution in [3.8, 4) is 5.69 Å². The molecule has 1 aromatic heterocycles. The normalized spacial score (nSPS) is 13.6. The van der Waals surface area contributed by atoms with Crippen LogP contribution in [0.25, 0.3) is 5.69 Å². The number of hydrogen-bond acceptors (Lipinski definition) is 2. The number of nitrogens with two attached hydrogens (primary N) is 1. The first kappa shape index (κ1) is 13.6. The van der Waals surface area contributed by atoms with Gasteiger partial charge in [0.05, 0.1) is 23.8 Å². The molecule has 0 radical (unpaired) electrons. The van der Waals surface area contributed by atoms with E-state index in [9.17, 15) is 13.2 Å². The van der Waals surface area contributed by atoms with Crippen molar-refractivity contribution in [1.82, 2.24) is 9.55 Å². The molecule has 0 fully saturated rings. The number of rotatable bonds is 2. The molecule has 0 bridgehead atoms. The first-order valence-electron chi connectivity index (χ1n) is 5.76. The van der Waals surface area contributed by atoms with Crippen molar-refractivity contribution >= 4 is 0 Å². The van der Waals surface area contributed by atoms with Gasteiger partial charge in [-0.3, -0.25) is 0 Å². The predicted octanol–water partition coefficient (Wildman–Crippen LogP) is 3.22. The van der Waals surface area contributed by atoms with Crippen molar-refractivity contribution in [1.29, 1.82) is 0 Å². The minimum atomic E-state index is -4.37. The van der Waals surface area contributed by atoms with Crippen LogP contribution in [0.15, 0.2) is 30.7 Å². The summed E-state index contributed by atoms with van der Waals surface area (Å²) in [4.78, 5) is 3.94. The Kier molecular flexibility index (Phi) is 3.36. The van der Waals surface area contributed by atoms with E-state index in [0.717, 1.165) is 6.07 Å². The van der Waals surface area contributed by atoms with Crippen LogP contribution in [0, 0.1) is 6.92 Å². The van der Waals surface area contributed by atoms with Gasteiger partial charge in [-0.1, -0.05) is 6.07 Å². The largest absolute Gasteiger partial charge is 0.416 e. The highest BCUT2D eigenvalue weighted by atomic mass is 19.4. The van der Waals surface area contributed by atoms with Crippen LogP contribution in [0.1, 0.15) is 29.8 Å². The maximum atomic E-state index is 12.9. The van der Waals surface area contributed by atoms with Crippen LogP contribution in [0.3, 0.4) is 0 Å². The highest BCUT2D eigenvalue weighted by Crippen LogP contribution is 2.33. The topological polar surface area (TPSA) is 43.8 Å². The first-order chi connectivity index (χ1) is 8.80. The lowest BCUT2D eigenvalue weighted by Gasteiger charge is -2.15. The zero-order chi connectivity index (χ0) is 14.2. The summed E-state index contributed by atoms with van der Waals surface area (Å²) in [5.41, 5.74) is 6.39. The third kappa shape index (κ3) is 2.63. The van der Waals surface area contributed by atoms with Crippen LogP contribution in [-0.2, 0) is 6.18 Å². The number of halogens is 3. The highest BCUT2D eigenvalue weighted by molar-refractivity contribution is 5.42. The summed E-state index contributed by atoms with van der Waals surface area (Å²) in [6.45, 7) is 3.19. The van der Waals surface area contributed by atoms with Crippen LogP contribution >= 0.6 is 0 Å². The zero-order valence-corrected chi connectivity index (χ0v) is 10.6. The van der Waals surface area contributed by atoms with Gasteiger partial charge < -0.3 is 10.3 Å². The minimum absolute atomic E-state index is 0.193. The van der Waals surface area contributed by atoms with Crippen molar-refractivity contribution in [2.75, 3.05) is 0 Å². The number of aromatic nitrogens is 2. The van der Waals surface area contributed by atoms with E-state index in [1.165, 1.54) is 19.3 Å². The van der Waals surface area contributed by atoms with E-state index in [4.69, 9.17) is 5.73 Å². The molecule has 0 aliphatic carbocycles. The molecule has 0 amide bonds. The molecule has 1 heterocycles. The van der Waals surface area contributed by atoms with Crippen molar-refractivity contribution in [3.05, 3.63) is 47.5 Å². The van der Waals surface area contributed by atoms with Crippen LogP contribution in [0.4, 0.5) is 13.2 Å². The number of hydrogen-bond donors (Lipinski definition) is 1. The van der Waals surface area contributed by atoms with Gasteiger partial charge in [-0.2, -0.15) is 13.2 Å². The molecule has 19 heavy (non-hydrogen) atoms. The summed E-state index contributed by atoms with van der Waals surface area (Å²) in [7, 11) is 0. The molecule has 3 nitrogen and oxygen atoms in total. The van der Waals surface area contributed by atoms with Crippen LogP contribution in [-0.4, -0.2) is 9.55 Å². The van der Waals surface area contributed by atoms with E-state index in [2.05, 4.69) is 4.98 Å². The number of nitrogens with zero attached hydrogens (tertiary/aromatic N) is 2. The SMILES string of the molecule is Cc1ccc(-n2cncc2C(C)N)cc1C(F)(F)F. The zero-order valence-electron chi connectivity index (χ0n) is 10.6. The predicted molar refractivity (Wildman–Crippen MR) is 65.9 cm³/mol. The van der Waals surface area contributed by atoms with Gasteiger partial charge >= 0.3 is 6.18 Å². The van der Waals surface area contributed by atoms with Gasteiger partial charge in [0.15, 0.2) is 0 Å². The van der Waals surface area contributed by atoms with Crippen molar-refractivity contribution in [2.45, 2.75) is 26.1 Å². The Bertz CT molecular complexity index is 585. The van der Waals surface area contributed by atoms with Crippen LogP contribution in [0.5, 0.6) is 0 Å². The van der Waals surface area contributed by atoms with Gasteiger partial charge in [0, 0.05) is 11.7 Å². The average molecular weight is 269 g/mol. The lowest BCUT2D eigenvalue weighted by molar-refractivity contribution is -0.138. The second kappa shape index (κ2) is 4.70. The molecule has 0 aliphatic heterocycles. The molecule has 2 rings (SSSR count). The highest BCUT2D eigenvalue weighted by Gasteiger charge is 2.32. The number of alkyl halides is 3. The fourth-order valence-corrected chi connectivity index (χ4v) is 1.92. The van der Waals surface area contributed by atoms with Gasteiger partial charge in [0.1, 0.15) is 0 Å². The van der Waals surface area contributed by atoms with E-state index in [1.54, 1.807) is 23.8 Å². The standard InChI is InChI=1S/C13H14F3N3/c1-8-3-4-10(5-11(8)13(14,15)16)19-7-18-6-12(19)9(2)17/h3-7,9H,17H2,1-2H3. The quantitative estimate of drug-likeness (QED) is 0.909. The Labute approximate surface area is 108 Å². The van der Waals surface area contributed by atoms with E-state index in [-0.39, 0.29) is 11.6 Å². The van der Waals surface area contributed by atoms with E-state index < -0.39 is 11.7 Å². The van der Waals surface area contributed by atoms with Crippen molar-refractivity contribution in [2.24, 2.45) is 5.73 Å². The number of imidazole rings is 1. The fourth-order valence-electron chi connectivity index (χ4n) is 1.92. The van der Waals surface area contributed by atoms with Gasteiger partial charge in [0.2, 0.25) is 0 Å². The Morgan fingerprint density at radius 3 is 2.58 bits per heavy atom. The summed E-state index contributed by atoms with van der Waals surface area (Å²) < 4.78 is 40.2. The summed E-state index contributed by atoms with van der Waals surface area (Å²) in [5, 5.41) is 0. The first-order valence-corrected chi connectivity index (χ1v) is 5.76. The molecule has 6 heteroatoms. The van der Waals surface area contributed by atoms with Crippen molar-refractivity contribution < 1.29 is 13.2 Å². The van der Waals surface area contributed by atoms with Gasteiger partial charge in [-0.25, -0.2) is 4.98 Å². The lowest BCUT2D eigenvalue weighted by Crippen LogP contribution is -2.12. The molecule has 1 unspecified atom stereocenters. The van der Waals surface area contributed by atoms with Crippen LogP contribution in [0.2, 0.25) is 0 Å². The molecule has 102 valence electrons. The Morgan fingerprint density at radius 1 is 1.32 bits per heavy atom. The summed E-state index contributed by atoms with van der Waals surface area (Å²) >= 11 is 0. The maximum absolute atomic E-state index is 12.9. The molecule has 0 saturated heterocycles. The third-order valence-corrected chi connectivity index (χ3v) is 2.94. The molecule has 0 saturated carbocycles.